The molecule has 4 rings (SSSR count). The zero-order valence-electron chi connectivity index (χ0n) is 17.5. The Labute approximate surface area is 185 Å². The van der Waals surface area contributed by atoms with Gasteiger partial charge in [0.05, 0.1) is 18.4 Å². The number of thiophene rings is 1. The van der Waals surface area contributed by atoms with Crippen LogP contribution in [0.4, 0.5) is 5.69 Å². The van der Waals surface area contributed by atoms with Crippen LogP contribution in [0.3, 0.4) is 0 Å². The first-order valence-corrected chi connectivity index (χ1v) is 12.0. The van der Waals surface area contributed by atoms with Crippen LogP contribution in [0.1, 0.15) is 28.8 Å². The molecule has 158 valence electrons. The molecule has 1 aromatic carbocycles. The molecule has 1 aliphatic heterocycles. The first-order chi connectivity index (χ1) is 14.5. The topological polar surface area (TPSA) is 69.0 Å². The molecule has 2 aromatic heterocycles. The molecule has 1 N–H and O–H groups in total. The summed E-state index contributed by atoms with van der Waals surface area (Å²) in [5.74, 6) is 1.07. The van der Waals surface area contributed by atoms with Crippen molar-refractivity contribution in [1.82, 2.24) is 14.8 Å². The monoisotopic (exact) mass is 442 g/mol. The number of aryl methyl sites for hydroxylation is 3. The highest BCUT2D eigenvalue weighted by molar-refractivity contribution is 7.99. The van der Waals surface area contributed by atoms with Crippen molar-refractivity contribution in [3.8, 4) is 11.4 Å². The summed E-state index contributed by atoms with van der Waals surface area (Å²) in [6.45, 7) is 7.65. The average molecular weight is 443 g/mol. The van der Waals surface area contributed by atoms with Crippen molar-refractivity contribution < 1.29 is 9.53 Å². The second-order valence-electron chi connectivity index (χ2n) is 7.71. The van der Waals surface area contributed by atoms with Crippen molar-refractivity contribution in [2.75, 3.05) is 17.7 Å². The summed E-state index contributed by atoms with van der Waals surface area (Å²) in [6.07, 6.45) is 2.29. The Morgan fingerprint density at radius 3 is 2.70 bits per heavy atom. The molecule has 0 bridgehead atoms. The maximum Gasteiger partial charge on any atom is 0.234 e. The molecule has 3 heterocycles. The van der Waals surface area contributed by atoms with E-state index in [0.29, 0.717) is 6.54 Å². The highest BCUT2D eigenvalue weighted by atomic mass is 32.2. The van der Waals surface area contributed by atoms with Crippen molar-refractivity contribution >= 4 is 34.7 Å². The summed E-state index contributed by atoms with van der Waals surface area (Å²) in [7, 11) is 0. The average Bonchev–Trinajstić information content (AvgIpc) is 3.41. The molecule has 0 spiro atoms. The van der Waals surface area contributed by atoms with E-state index in [1.165, 1.54) is 16.6 Å². The minimum atomic E-state index is -0.0513. The van der Waals surface area contributed by atoms with E-state index in [2.05, 4.69) is 44.5 Å². The Kier molecular flexibility index (Phi) is 6.55. The van der Waals surface area contributed by atoms with Gasteiger partial charge in [-0.3, -0.25) is 9.36 Å². The molecule has 1 fully saturated rings. The zero-order chi connectivity index (χ0) is 21.1. The lowest BCUT2D eigenvalue weighted by Gasteiger charge is -2.14. The Morgan fingerprint density at radius 1 is 1.23 bits per heavy atom. The lowest BCUT2D eigenvalue weighted by atomic mass is 10.1. The maximum absolute atomic E-state index is 12.5. The van der Waals surface area contributed by atoms with Gasteiger partial charge in [0.15, 0.2) is 11.0 Å². The number of benzene rings is 1. The summed E-state index contributed by atoms with van der Waals surface area (Å²) in [5.41, 5.74) is 4.15. The molecule has 1 unspecified atom stereocenters. The number of hydrogen-bond acceptors (Lipinski definition) is 6. The first-order valence-electron chi connectivity index (χ1n) is 10.1. The van der Waals surface area contributed by atoms with E-state index >= 15 is 0 Å². The van der Waals surface area contributed by atoms with Gasteiger partial charge in [0.1, 0.15) is 0 Å². The van der Waals surface area contributed by atoms with E-state index < -0.39 is 0 Å². The van der Waals surface area contributed by atoms with Crippen LogP contribution in [-0.2, 0) is 16.1 Å². The number of hydrogen-bond donors (Lipinski definition) is 1. The fourth-order valence-electron chi connectivity index (χ4n) is 3.70. The van der Waals surface area contributed by atoms with Crippen molar-refractivity contribution in [3.63, 3.8) is 0 Å². The highest BCUT2D eigenvalue weighted by Crippen LogP contribution is 2.29. The van der Waals surface area contributed by atoms with E-state index in [1.54, 1.807) is 11.3 Å². The number of carbonyl (C=O) groups is 1. The number of aromatic nitrogens is 3. The smallest absolute Gasteiger partial charge is 0.234 e. The van der Waals surface area contributed by atoms with Crippen molar-refractivity contribution in [1.29, 1.82) is 0 Å². The number of amides is 1. The van der Waals surface area contributed by atoms with Gasteiger partial charge in [-0.25, -0.2) is 0 Å². The summed E-state index contributed by atoms with van der Waals surface area (Å²) in [5, 5.41) is 14.7. The molecule has 1 amide bonds. The number of nitrogens with zero attached hydrogens (tertiary/aromatic N) is 3. The summed E-state index contributed by atoms with van der Waals surface area (Å²) >= 11 is 3.11. The van der Waals surface area contributed by atoms with Gasteiger partial charge < -0.3 is 10.1 Å². The molecule has 0 radical (unpaired) electrons. The first kappa shape index (κ1) is 21.1. The minimum Gasteiger partial charge on any atom is -0.376 e. The molecular formula is C22H26N4O2S2. The van der Waals surface area contributed by atoms with Crippen molar-refractivity contribution in [3.05, 3.63) is 45.6 Å². The molecule has 1 saturated heterocycles. The predicted molar refractivity (Wildman–Crippen MR) is 122 cm³/mol. The quantitative estimate of drug-likeness (QED) is 0.530. The van der Waals surface area contributed by atoms with Gasteiger partial charge in [0.2, 0.25) is 5.91 Å². The van der Waals surface area contributed by atoms with Gasteiger partial charge >= 0.3 is 0 Å². The number of thioether (sulfide) groups is 1. The van der Waals surface area contributed by atoms with E-state index in [9.17, 15) is 4.79 Å². The van der Waals surface area contributed by atoms with Gasteiger partial charge in [0.25, 0.3) is 0 Å². The van der Waals surface area contributed by atoms with Gasteiger partial charge in [-0.15, -0.1) is 21.5 Å². The lowest BCUT2D eigenvalue weighted by Crippen LogP contribution is -2.18. The summed E-state index contributed by atoms with van der Waals surface area (Å²) in [6, 6.07) is 8.17. The van der Waals surface area contributed by atoms with Crippen LogP contribution >= 0.6 is 23.1 Å². The molecule has 30 heavy (non-hydrogen) atoms. The molecule has 1 atom stereocenters. The third-order valence-corrected chi connectivity index (χ3v) is 6.78. The Balaban J connectivity index is 1.48. The summed E-state index contributed by atoms with van der Waals surface area (Å²) < 4.78 is 7.95. The van der Waals surface area contributed by atoms with E-state index in [-0.39, 0.29) is 17.8 Å². The van der Waals surface area contributed by atoms with Crippen molar-refractivity contribution in [2.45, 2.75) is 51.4 Å². The number of ether oxygens (including phenoxy) is 1. The van der Waals surface area contributed by atoms with Crippen LogP contribution in [0.25, 0.3) is 11.4 Å². The van der Waals surface area contributed by atoms with E-state index in [4.69, 9.17) is 4.74 Å². The molecule has 1 aliphatic rings. The lowest BCUT2D eigenvalue weighted by molar-refractivity contribution is -0.113. The highest BCUT2D eigenvalue weighted by Gasteiger charge is 2.22. The minimum absolute atomic E-state index is 0.0513. The van der Waals surface area contributed by atoms with Gasteiger partial charge in [-0.2, -0.15) is 0 Å². The van der Waals surface area contributed by atoms with Gasteiger partial charge in [0, 0.05) is 28.1 Å². The molecule has 8 heteroatoms. The number of rotatable bonds is 7. The number of carbonyl (C=O) groups excluding carboxylic acids is 1. The second-order valence-corrected chi connectivity index (χ2v) is 9.77. The van der Waals surface area contributed by atoms with Crippen LogP contribution in [-0.4, -0.2) is 39.1 Å². The van der Waals surface area contributed by atoms with Crippen LogP contribution in [0.5, 0.6) is 0 Å². The van der Waals surface area contributed by atoms with Crippen molar-refractivity contribution in [2.24, 2.45) is 0 Å². The van der Waals surface area contributed by atoms with Crippen LogP contribution in [0.15, 0.2) is 34.8 Å². The van der Waals surface area contributed by atoms with Crippen LogP contribution in [0, 0.1) is 20.8 Å². The van der Waals surface area contributed by atoms with Crippen LogP contribution in [0.2, 0.25) is 0 Å². The van der Waals surface area contributed by atoms with E-state index in [0.717, 1.165) is 52.8 Å². The third-order valence-electron chi connectivity index (χ3n) is 4.95. The maximum atomic E-state index is 12.5. The van der Waals surface area contributed by atoms with E-state index in [1.807, 2.05) is 26.0 Å². The SMILES string of the molecule is Cc1cc(C)cc(NC(=O)CSc2nnc(-c3csc(C)c3)n2CC2CCCO2)c1. The standard InChI is InChI=1S/C22H26N4O2S2/c1-14-7-15(2)9-18(8-14)23-20(27)13-30-22-25-24-21(17-10-16(3)29-12-17)26(22)11-19-5-4-6-28-19/h7-10,12,19H,4-6,11,13H2,1-3H3,(H,23,27). The molecule has 0 saturated carbocycles. The number of anilines is 1. The normalized spacial score (nSPS) is 16.2. The predicted octanol–water partition coefficient (Wildman–Crippen LogP) is 4.84. The Hall–Kier alpha value is -2.16. The fourth-order valence-corrected chi connectivity index (χ4v) is 5.13. The van der Waals surface area contributed by atoms with Crippen LogP contribution < -0.4 is 5.32 Å². The van der Waals surface area contributed by atoms with Gasteiger partial charge in [-0.05, 0) is 62.9 Å². The largest absolute Gasteiger partial charge is 0.376 e. The second kappa shape index (κ2) is 9.32. The third kappa shape index (κ3) is 5.11. The molecule has 3 aromatic rings. The Morgan fingerprint density at radius 2 is 2.03 bits per heavy atom. The fraction of sp³-hybridized carbons (Fsp3) is 0.409. The zero-order valence-corrected chi connectivity index (χ0v) is 19.1. The van der Waals surface area contributed by atoms with Gasteiger partial charge in [-0.1, -0.05) is 17.8 Å². The number of nitrogens with one attached hydrogen (secondary N) is 1. The molecular weight excluding hydrogens is 416 g/mol. The molecule has 6 nitrogen and oxygen atoms in total. The Bertz CT molecular complexity index is 1020. The molecule has 0 aliphatic carbocycles. The summed E-state index contributed by atoms with van der Waals surface area (Å²) in [4.78, 5) is 13.8.